The topological polar surface area (TPSA) is 73.1 Å². The number of hydrogen-bond acceptors (Lipinski definition) is 2. The lowest BCUT2D eigenvalue weighted by molar-refractivity contribution is 0.824. The van der Waals surface area contributed by atoms with Gasteiger partial charge in [0.2, 0.25) is 0 Å². The molecule has 0 aliphatic rings. The molecular weight excluding hydrogens is 153 g/mol. The smallest absolute Gasteiger partial charge is 0.0690 e. The molecule has 0 unspecified atom stereocenters. The summed E-state index contributed by atoms with van der Waals surface area (Å²) in [4.78, 5) is 0. The van der Waals surface area contributed by atoms with Gasteiger partial charge in [0, 0.05) is 0 Å². The van der Waals surface area contributed by atoms with E-state index < -0.39 is 0 Å². The molecule has 1 aromatic heterocycles. The van der Waals surface area contributed by atoms with E-state index in [4.69, 9.17) is 0 Å². The number of hydrogen-bond donors (Lipinski definition) is 1. The van der Waals surface area contributed by atoms with E-state index in [1.54, 1.807) is 12.4 Å². The zero-order valence-electron chi connectivity index (χ0n) is 3.87. The molecule has 0 spiro atoms. The van der Waals surface area contributed by atoms with Crippen molar-refractivity contribution in [2.75, 3.05) is 0 Å². The Kier molecular flexibility index (Phi) is 19.2. The van der Waals surface area contributed by atoms with Crippen molar-refractivity contribution in [1.29, 1.82) is 0 Å². The molecule has 1 aromatic rings. The number of rotatable bonds is 0. The van der Waals surface area contributed by atoms with Gasteiger partial charge in [-0.15, -0.1) is 24.8 Å². The average molecular weight is 160 g/mol. The van der Waals surface area contributed by atoms with Crippen molar-refractivity contribution in [3.8, 4) is 0 Å². The Hall–Kier alpha value is -0.320. The molecule has 3 N–H and O–H groups in total. The maximum Gasteiger partial charge on any atom is 0.0690 e. The second kappa shape index (κ2) is 9.84. The number of nitrogens with one attached hydrogen (secondary N) is 1. The van der Waals surface area contributed by atoms with Crippen LogP contribution in [0.4, 0.5) is 0 Å². The molecule has 0 atom stereocenters. The van der Waals surface area contributed by atoms with Crippen LogP contribution in [0.5, 0.6) is 0 Å². The first-order valence-electron chi connectivity index (χ1n) is 1.30. The Bertz CT molecular complexity index is 71.8. The third-order valence-corrected chi connectivity index (χ3v) is 0.331. The summed E-state index contributed by atoms with van der Waals surface area (Å²) in [5.41, 5.74) is 0. The van der Waals surface area contributed by atoms with Crippen molar-refractivity contribution in [3.05, 3.63) is 12.4 Å². The first-order chi connectivity index (χ1) is 2.50. The molecular formula is C2H7Cl2N3O. The zero-order valence-corrected chi connectivity index (χ0v) is 5.50. The Morgan fingerprint density at radius 1 is 1.00 bits per heavy atom. The monoisotopic (exact) mass is 159 g/mol. The maximum atomic E-state index is 3.49. The van der Waals surface area contributed by atoms with E-state index in [0.717, 1.165) is 0 Å². The first-order valence-corrected chi connectivity index (χ1v) is 1.30. The van der Waals surface area contributed by atoms with Crippen molar-refractivity contribution in [1.82, 2.24) is 15.4 Å². The van der Waals surface area contributed by atoms with Crippen molar-refractivity contribution in [3.63, 3.8) is 0 Å². The minimum atomic E-state index is 0. The van der Waals surface area contributed by atoms with Gasteiger partial charge in [-0.1, -0.05) is 0 Å². The van der Waals surface area contributed by atoms with E-state index in [9.17, 15) is 0 Å². The zero-order chi connectivity index (χ0) is 3.54. The SMILES string of the molecule is Cl.Cl.O.c1cn[nH]n1. The Labute approximate surface area is 58.8 Å². The van der Waals surface area contributed by atoms with E-state index in [2.05, 4.69) is 15.4 Å². The number of halogens is 2. The second-order valence-corrected chi connectivity index (χ2v) is 0.656. The van der Waals surface area contributed by atoms with Crippen LogP contribution in [-0.4, -0.2) is 20.9 Å². The molecule has 0 aliphatic carbocycles. The van der Waals surface area contributed by atoms with Crippen LogP contribution in [-0.2, 0) is 0 Å². The molecule has 1 heterocycles. The van der Waals surface area contributed by atoms with E-state index in [1.165, 1.54) is 0 Å². The lowest BCUT2D eigenvalue weighted by Gasteiger charge is -1.48. The Morgan fingerprint density at radius 3 is 1.50 bits per heavy atom. The lowest BCUT2D eigenvalue weighted by Crippen LogP contribution is -1.61. The van der Waals surface area contributed by atoms with Gasteiger partial charge in [-0.05, 0) is 0 Å². The fraction of sp³-hybridized carbons (Fsp3) is 0. The third kappa shape index (κ3) is 5.68. The number of H-pyrrole nitrogens is 1. The number of aromatic amines is 1. The highest BCUT2D eigenvalue weighted by Crippen LogP contribution is 1.55. The van der Waals surface area contributed by atoms with Crippen LogP contribution in [0.2, 0.25) is 0 Å². The largest absolute Gasteiger partial charge is 0.412 e. The van der Waals surface area contributed by atoms with Crippen LogP contribution in [0.25, 0.3) is 0 Å². The van der Waals surface area contributed by atoms with Crippen molar-refractivity contribution < 1.29 is 5.48 Å². The minimum absolute atomic E-state index is 0. The van der Waals surface area contributed by atoms with Gasteiger partial charge in [0.1, 0.15) is 0 Å². The molecule has 8 heavy (non-hydrogen) atoms. The summed E-state index contributed by atoms with van der Waals surface area (Å²) >= 11 is 0. The highest BCUT2D eigenvalue weighted by molar-refractivity contribution is 5.85. The average Bonchev–Trinajstić information content (AvgIpc) is 1.76. The van der Waals surface area contributed by atoms with E-state index in [-0.39, 0.29) is 30.3 Å². The van der Waals surface area contributed by atoms with Gasteiger partial charge in [-0.3, -0.25) is 0 Å². The molecule has 0 saturated carbocycles. The van der Waals surface area contributed by atoms with E-state index in [0.29, 0.717) is 0 Å². The Balaban J connectivity index is -0.0000000833. The molecule has 0 fully saturated rings. The summed E-state index contributed by atoms with van der Waals surface area (Å²) < 4.78 is 0. The molecule has 4 nitrogen and oxygen atoms in total. The highest BCUT2D eigenvalue weighted by Gasteiger charge is 1.57. The quantitative estimate of drug-likeness (QED) is 0.571. The van der Waals surface area contributed by atoms with Gasteiger partial charge in [-0.2, -0.15) is 15.4 Å². The molecule has 6 heteroatoms. The van der Waals surface area contributed by atoms with Gasteiger partial charge in [0.15, 0.2) is 0 Å². The van der Waals surface area contributed by atoms with Crippen LogP contribution in [0, 0.1) is 0 Å². The van der Waals surface area contributed by atoms with Crippen LogP contribution >= 0.6 is 24.8 Å². The lowest BCUT2D eigenvalue weighted by atomic mass is 11.0. The van der Waals surface area contributed by atoms with E-state index >= 15 is 0 Å². The molecule has 0 aromatic carbocycles. The standard InChI is InChI=1S/C2H3N3.2ClH.H2O/c1-2-4-5-3-1;;;/h1-2H,(H,3,4,5);2*1H;1H2. The third-order valence-electron chi connectivity index (χ3n) is 0.331. The van der Waals surface area contributed by atoms with Crippen molar-refractivity contribution >= 4 is 24.8 Å². The summed E-state index contributed by atoms with van der Waals surface area (Å²) in [5.74, 6) is 0. The molecule has 50 valence electrons. The molecule has 1 rings (SSSR count). The van der Waals surface area contributed by atoms with Gasteiger partial charge in [0.25, 0.3) is 0 Å². The summed E-state index contributed by atoms with van der Waals surface area (Å²) in [5, 5.41) is 9.33. The highest BCUT2D eigenvalue weighted by atomic mass is 35.5. The van der Waals surface area contributed by atoms with Crippen LogP contribution < -0.4 is 0 Å². The normalized spacial score (nSPS) is 5.00. The number of nitrogens with zero attached hydrogens (tertiary/aromatic N) is 2. The molecule has 0 radical (unpaired) electrons. The molecule has 0 bridgehead atoms. The predicted molar refractivity (Wildman–Crippen MR) is 34.5 cm³/mol. The molecule has 0 aliphatic heterocycles. The fourth-order valence-electron chi connectivity index (χ4n) is 0.167. The maximum absolute atomic E-state index is 3.49. The summed E-state index contributed by atoms with van der Waals surface area (Å²) in [6.07, 6.45) is 3.17. The summed E-state index contributed by atoms with van der Waals surface area (Å²) in [7, 11) is 0. The van der Waals surface area contributed by atoms with E-state index in [1.807, 2.05) is 0 Å². The predicted octanol–water partition coefficient (Wildman–Crippen LogP) is -0.176. The minimum Gasteiger partial charge on any atom is -0.412 e. The molecule has 0 saturated heterocycles. The number of aromatic nitrogens is 3. The van der Waals surface area contributed by atoms with Crippen molar-refractivity contribution in [2.24, 2.45) is 0 Å². The van der Waals surface area contributed by atoms with Gasteiger partial charge >= 0.3 is 0 Å². The Morgan fingerprint density at radius 2 is 1.38 bits per heavy atom. The van der Waals surface area contributed by atoms with Gasteiger partial charge in [0.05, 0.1) is 12.4 Å². The van der Waals surface area contributed by atoms with Gasteiger partial charge < -0.3 is 5.48 Å². The van der Waals surface area contributed by atoms with Crippen LogP contribution in [0.1, 0.15) is 0 Å². The van der Waals surface area contributed by atoms with Crippen molar-refractivity contribution in [2.45, 2.75) is 0 Å². The van der Waals surface area contributed by atoms with Crippen LogP contribution in [0.3, 0.4) is 0 Å². The summed E-state index contributed by atoms with van der Waals surface area (Å²) in [6.45, 7) is 0. The van der Waals surface area contributed by atoms with Gasteiger partial charge in [-0.25, -0.2) is 0 Å². The molecule has 0 amide bonds. The van der Waals surface area contributed by atoms with Crippen LogP contribution in [0.15, 0.2) is 12.4 Å². The summed E-state index contributed by atoms with van der Waals surface area (Å²) in [6, 6.07) is 0. The first kappa shape index (κ1) is 15.6. The fourth-order valence-corrected chi connectivity index (χ4v) is 0.167. The second-order valence-electron chi connectivity index (χ2n) is 0.656.